The Balaban J connectivity index is 1.94. The minimum atomic E-state index is -0.505. The number of methoxy groups -OCH3 is 1. The predicted octanol–water partition coefficient (Wildman–Crippen LogP) is 3.49. The molecule has 0 spiro atoms. The van der Waals surface area contributed by atoms with Crippen LogP contribution in [0.1, 0.15) is 28.9 Å². The van der Waals surface area contributed by atoms with Gasteiger partial charge in [-0.25, -0.2) is 4.79 Å². The second-order valence-corrected chi connectivity index (χ2v) is 6.03. The van der Waals surface area contributed by atoms with Crippen LogP contribution in [0.2, 0.25) is 0 Å². The number of rotatable bonds is 6. The molecule has 1 atom stereocenters. The Kier molecular flexibility index (Phi) is 6.37. The molecule has 0 bridgehead atoms. The Morgan fingerprint density at radius 1 is 1.12 bits per heavy atom. The van der Waals surface area contributed by atoms with Crippen LogP contribution in [-0.4, -0.2) is 25.6 Å². The van der Waals surface area contributed by atoms with Gasteiger partial charge >= 0.3 is 5.97 Å². The maximum Gasteiger partial charge on any atom is 0.341 e. The zero-order valence-electron chi connectivity index (χ0n) is 13.4. The molecule has 2 rings (SSSR count). The van der Waals surface area contributed by atoms with Crippen molar-refractivity contribution in [3.8, 4) is 5.75 Å². The SMILES string of the molecule is COC(=O)c1ccccc1OCC(=O)N[C@H](C)c1ccc(Br)cc1. The fourth-order valence-electron chi connectivity index (χ4n) is 2.13. The molecule has 1 N–H and O–H groups in total. The van der Waals surface area contributed by atoms with Crippen LogP contribution in [0.25, 0.3) is 0 Å². The van der Waals surface area contributed by atoms with Crippen LogP contribution in [0.3, 0.4) is 0 Å². The summed E-state index contributed by atoms with van der Waals surface area (Å²) in [5.41, 5.74) is 1.27. The summed E-state index contributed by atoms with van der Waals surface area (Å²) in [6.07, 6.45) is 0. The van der Waals surface area contributed by atoms with Crippen molar-refractivity contribution in [3.05, 3.63) is 64.1 Å². The molecular formula is C18H18BrNO4. The molecule has 126 valence electrons. The zero-order valence-corrected chi connectivity index (χ0v) is 15.0. The number of halogens is 1. The van der Waals surface area contributed by atoms with Crippen molar-refractivity contribution in [2.24, 2.45) is 0 Å². The molecule has 0 saturated heterocycles. The third-order valence-electron chi connectivity index (χ3n) is 3.40. The lowest BCUT2D eigenvalue weighted by Gasteiger charge is -2.15. The number of esters is 1. The van der Waals surface area contributed by atoms with Crippen molar-refractivity contribution in [1.29, 1.82) is 0 Å². The van der Waals surface area contributed by atoms with E-state index >= 15 is 0 Å². The van der Waals surface area contributed by atoms with Crippen LogP contribution >= 0.6 is 15.9 Å². The average Bonchev–Trinajstić information content (AvgIpc) is 2.60. The zero-order chi connectivity index (χ0) is 17.5. The monoisotopic (exact) mass is 391 g/mol. The number of ether oxygens (including phenoxy) is 2. The topological polar surface area (TPSA) is 64.6 Å². The molecule has 0 heterocycles. The number of nitrogens with one attached hydrogen (secondary N) is 1. The van der Waals surface area contributed by atoms with Gasteiger partial charge in [-0.05, 0) is 36.8 Å². The number of hydrogen-bond donors (Lipinski definition) is 1. The fourth-order valence-corrected chi connectivity index (χ4v) is 2.40. The molecule has 1 amide bonds. The minimum absolute atomic E-state index is 0.148. The number of para-hydroxylation sites is 1. The lowest BCUT2D eigenvalue weighted by molar-refractivity contribution is -0.123. The van der Waals surface area contributed by atoms with E-state index in [1.807, 2.05) is 31.2 Å². The van der Waals surface area contributed by atoms with E-state index in [4.69, 9.17) is 9.47 Å². The van der Waals surface area contributed by atoms with Crippen LogP contribution in [-0.2, 0) is 9.53 Å². The molecule has 0 aliphatic rings. The highest BCUT2D eigenvalue weighted by Crippen LogP contribution is 2.19. The average molecular weight is 392 g/mol. The number of amides is 1. The highest BCUT2D eigenvalue weighted by molar-refractivity contribution is 9.10. The maximum absolute atomic E-state index is 12.1. The van der Waals surface area contributed by atoms with E-state index in [9.17, 15) is 9.59 Å². The highest BCUT2D eigenvalue weighted by Gasteiger charge is 2.14. The standard InChI is InChI=1S/C18H18BrNO4/c1-12(13-7-9-14(19)10-8-13)20-17(21)11-24-16-6-4-3-5-15(16)18(22)23-2/h3-10,12H,11H2,1-2H3,(H,20,21)/t12-/m1/s1. The van der Waals surface area contributed by atoms with E-state index in [0.29, 0.717) is 5.75 Å². The van der Waals surface area contributed by atoms with E-state index in [0.717, 1.165) is 10.0 Å². The van der Waals surface area contributed by atoms with Crippen LogP contribution in [0.15, 0.2) is 53.0 Å². The number of hydrogen-bond acceptors (Lipinski definition) is 4. The Morgan fingerprint density at radius 2 is 1.79 bits per heavy atom. The molecule has 6 heteroatoms. The molecule has 0 aromatic heterocycles. The summed E-state index contributed by atoms with van der Waals surface area (Å²) in [7, 11) is 1.30. The third kappa shape index (κ3) is 4.83. The van der Waals surface area contributed by atoms with Crippen molar-refractivity contribution in [1.82, 2.24) is 5.32 Å². The van der Waals surface area contributed by atoms with Crippen LogP contribution < -0.4 is 10.1 Å². The second-order valence-electron chi connectivity index (χ2n) is 5.12. The summed E-state index contributed by atoms with van der Waals surface area (Å²) in [6.45, 7) is 1.71. The van der Waals surface area contributed by atoms with Gasteiger partial charge in [0.05, 0.1) is 13.2 Å². The Bertz CT molecular complexity index is 715. The summed E-state index contributed by atoms with van der Waals surface area (Å²) >= 11 is 3.38. The van der Waals surface area contributed by atoms with Crippen LogP contribution in [0, 0.1) is 0 Å². The van der Waals surface area contributed by atoms with Gasteiger partial charge in [0.25, 0.3) is 5.91 Å². The minimum Gasteiger partial charge on any atom is -0.483 e. The van der Waals surface area contributed by atoms with Crippen molar-refractivity contribution in [2.75, 3.05) is 13.7 Å². The van der Waals surface area contributed by atoms with Crippen LogP contribution in [0.4, 0.5) is 0 Å². The lowest BCUT2D eigenvalue weighted by Crippen LogP contribution is -2.31. The molecule has 5 nitrogen and oxygen atoms in total. The summed E-state index contributed by atoms with van der Waals surface area (Å²) in [6, 6.07) is 14.2. The summed E-state index contributed by atoms with van der Waals surface area (Å²) < 4.78 is 11.1. The Morgan fingerprint density at radius 3 is 2.46 bits per heavy atom. The lowest BCUT2D eigenvalue weighted by atomic mass is 10.1. The summed E-state index contributed by atoms with van der Waals surface area (Å²) in [5.74, 6) is -0.463. The first-order valence-electron chi connectivity index (χ1n) is 7.36. The van der Waals surface area contributed by atoms with Gasteiger partial charge in [0.15, 0.2) is 6.61 Å². The number of benzene rings is 2. The van der Waals surface area contributed by atoms with Gasteiger partial charge in [-0.15, -0.1) is 0 Å². The molecule has 0 unspecified atom stereocenters. The van der Waals surface area contributed by atoms with E-state index in [1.54, 1.807) is 24.3 Å². The maximum atomic E-state index is 12.1. The molecule has 0 fully saturated rings. The number of carbonyl (C=O) groups is 2. The molecule has 0 aliphatic heterocycles. The van der Waals surface area contributed by atoms with Gasteiger partial charge in [0.2, 0.25) is 0 Å². The van der Waals surface area contributed by atoms with Gasteiger partial charge < -0.3 is 14.8 Å². The van der Waals surface area contributed by atoms with Crippen molar-refractivity contribution in [2.45, 2.75) is 13.0 Å². The summed E-state index contributed by atoms with van der Waals surface area (Å²) in [4.78, 5) is 23.7. The van der Waals surface area contributed by atoms with Crippen molar-refractivity contribution in [3.63, 3.8) is 0 Å². The fraction of sp³-hybridized carbons (Fsp3) is 0.222. The first kappa shape index (κ1) is 18.0. The van der Waals surface area contributed by atoms with E-state index in [2.05, 4.69) is 21.2 Å². The quantitative estimate of drug-likeness (QED) is 0.765. The molecule has 2 aromatic carbocycles. The smallest absolute Gasteiger partial charge is 0.341 e. The molecule has 24 heavy (non-hydrogen) atoms. The molecule has 0 radical (unpaired) electrons. The largest absolute Gasteiger partial charge is 0.483 e. The Labute approximate surface area is 149 Å². The van der Waals surface area contributed by atoms with Gasteiger partial charge in [-0.3, -0.25) is 4.79 Å². The van der Waals surface area contributed by atoms with Gasteiger partial charge in [0.1, 0.15) is 11.3 Å². The van der Waals surface area contributed by atoms with E-state index in [-0.39, 0.29) is 24.1 Å². The van der Waals surface area contributed by atoms with E-state index in [1.165, 1.54) is 7.11 Å². The summed E-state index contributed by atoms with van der Waals surface area (Å²) in [5, 5.41) is 2.85. The molecule has 0 aliphatic carbocycles. The highest BCUT2D eigenvalue weighted by atomic mass is 79.9. The number of carbonyl (C=O) groups excluding carboxylic acids is 2. The van der Waals surface area contributed by atoms with Gasteiger partial charge in [-0.1, -0.05) is 40.2 Å². The second kappa shape index (κ2) is 8.49. The van der Waals surface area contributed by atoms with Crippen molar-refractivity contribution < 1.29 is 19.1 Å². The Hall–Kier alpha value is -2.34. The molecular weight excluding hydrogens is 374 g/mol. The van der Waals surface area contributed by atoms with E-state index < -0.39 is 5.97 Å². The first-order chi connectivity index (χ1) is 11.5. The molecule has 0 saturated carbocycles. The van der Waals surface area contributed by atoms with Gasteiger partial charge in [-0.2, -0.15) is 0 Å². The first-order valence-corrected chi connectivity index (χ1v) is 8.15. The molecule has 2 aromatic rings. The van der Waals surface area contributed by atoms with Crippen LogP contribution in [0.5, 0.6) is 5.75 Å². The normalized spacial score (nSPS) is 11.5. The van der Waals surface area contributed by atoms with Gasteiger partial charge in [0, 0.05) is 4.47 Å². The predicted molar refractivity (Wildman–Crippen MR) is 94.0 cm³/mol. The third-order valence-corrected chi connectivity index (χ3v) is 3.93. The van der Waals surface area contributed by atoms with Crippen molar-refractivity contribution >= 4 is 27.8 Å².